The van der Waals surface area contributed by atoms with E-state index in [-0.39, 0.29) is 5.82 Å². The van der Waals surface area contributed by atoms with Gasteiger partial charge in [-0.05, 0) is 26.0 Å². The van der Waals surface area contributed by atoms with E-state index in [1.54, 1.807) is 12.1 Å². The van der Waals surface area contributed by atoms with E-state index in [2.05, 4.69) is 18.7 Å². The van der Waals surface area contributed by atoms with Crippen molar-refractivity contribution in [3.63, 3.8) is 0 Å². The first-order valence-electron chi connectivity index (χ1n) is 5.43. The van der Waals surface area contributed by atoms with Gasteiger partial charge >= 0.3 is 0 Å². The van der Waals surface area contributed by atoms with Gasteiger partial charge in [-0.2, -0.15) is 0 Å². The van der Waals surface area contributed by atoms with Crippen molar-refractivity contribution in [3.8, 4) is 0 Å². The van der Waals surface area contributed by atoms with Crippen LogP contribution in [0, 0.1) is 5.82 Å². The highest BCUT2D eigenvalue weighted by atomic mass is 35.5. The van der Waals surface area contributed by atoms with Gasteiger partial charge in [-0.15, -0.1) is 0 Å². The Hall–Kier alpha value is -0.640. The predicted octanol–water partition coefficient (Wildman–Crippen LogP) is 2.65. The molecule has 4 heteroatoms. The molecule has 16 heavy (non-hydrogen) atoms. The topological polar surface area (TPSA) is 29.3 Å². The van der Waals surface area contributed by atoms with Crippen LogP contribution < -0.4 is 5.73 Å². The molecule has 0 fully saturated rings. The maximum absolute atomic E-state index is 13.6. The van der Waals surface area contributed by atoms with Gasteiger partial charge in [0, 0.05) is 36.3 Å². The van der Waals surface area contributed by atoms with Crippen LogP contribution in [0.5, 0.6) is 0 Å². The monoisotopic (exact) mass is 244 g/mol. The van der Waals surface area contributed by atoms with E-state index >= 15 is 0 Å². The fraction of sp³-hybridized carbons (Fsp3) is 0.500. The summed E-state index contributed by atoms with van der Waals surface area (Å²) in [6, 6.07) is 5.08. The summed E-state index contributed by atoms with van der Waals surface area (Å²) in [6.45, 7) is 5.92. The molecule has 90 valence electrons. The molecule has 0 bridgehead atoms. The van der Waals surface area contributed by atoms with Crippen molar-refractivity contribution in [2.24, 2.45) is 5.73 Å². The summed E-state index contributed by atoms with van der Waals surface area (Å²) in [6.07, 6.45) is 0. The van der Waals surface area contributed by atoms with Crippen molar-refractivity contribution in [2.45, 2.75) is 26.4 Å². The SMILES string of the molecule is CC(C)N(CCN)Cc1c(F)cccc1Cl. The van der Waals surface area contributed by atoms with E-state index in [9.17, 15) is 4.39 Å². The smallest absolute Gasteiger partial charge is 0.129 e. The molecule has 1 aromatic carbocycles. The third kappa shape index (κ3) is 3.44. The van der Waals surface area contributed by atoms with Crippen molar-refractivity contribution < 1.29 is 4.39 Å². The first-order valence-corrected chi connectivity index (χ1v) is 5.81. The highest BCUT2D eigenvalue weighted by molar-refractivity contribution is 6.31. The van der Waals surface area contributed by atoms with Gasteiger partial charge in [0.1, 0.15) is 5.82 Å². The molecule has 0 spiro atoms. The minimum absolute atomic E-state index is 0.254. The maximum Gasteiger partial charge on any atom is 0.129 e. The molecule has 0 unspecified atom stereocenters. The predicted molar refractivity (Wildman–Crippen MR) is 66.0 cm³/mol. The summed E-state index contributed by atoms with van der Waals surface area (Å²) in [4.78, 5) is 2.10. The Kier molecular flexibility index (Phi) is 5.19. The zero-order valence-electron chi connectivity index (χ0n) is 9.71. The van der Waals surface area contributed by atoms with Crippen LogP contribution in [0.25, 0.3) is 0 Å². The molecule has 1 aromatic rings. The third-order valence-corrected chi connectivity index (χ3v) is 2.92. The molecule has 2 nitrogen and oxygen atoms in total. The van der Waals surface area contributed by atoms with Gasteiger partial charge in [0.2, 0.25) is 0 Å². The summed E-state index contributed by atoms with van der Waals surface area (Å²) < 4.78 is 13.6. The van der Waals surface area contributed by atoms with Crippen molar-refractivity contribution >= 4 is 11.6 Å². The number of rotatable bonds is 5. The van der Waals surface area contributed by atoms with E-state index in [1.807, 2.05) is 0 Å². The van der Waals surface area contributed by atoms with Gasteiger partial charge in [-0.3, -0.25) is 4.90 Å². The average molecular weight is 245 g/mol. The summed E-state index contributed by atoms with van der Waals surface area (Å²) in [5.74, 6) is -0.254. The summed E-state index contributed by atoms with van der Waals surface area (Å²) >= 11 is 5.98. The Bertz CT molecular complexity index is 322. The van der Waals surface area contributed by atoms with Crippen LogP contribution in [-0.2, 0) is 6.54 Å². The number of hydrogen-bond donors (Lipinski definition) is 1. The van der Waals surface area contributed by atoms with Gasteiger partial charge in [0.15, 0.2) is 0 Å². The van der Waals surface area contributed by atoms with Crippen LogP contribution in [0.15, 0.2) is 18.2 Å². The second kappa shape index (κ2) is 6.18. The number of halogens is 2. The van der Waals surface area contributed by atoms with Crippen LogP contribution in [-0.4, -0.2) is 24.0 Å². The molecule has 1 rings (SSSR count). The lowest BCUT2D eigenvalue weighted by atomic mass is 10.1. The van der Waals surface area contributed by atoms with Crippen LogP contribution >= 0.6 is 11.6 Å². The third-order valence-electron chi connectivity index (χ3n) is 2.57. The second-order valence-electron chi connectivity index (χ2n) is 4.05. The summed E-state index contributed by atoms with van der Waals surface area (Å²) in [5.41, 5.74) is 6.08. The lowest BCUT2D eigenvalue weighted by Crippen LogP contribution is -2.35. The molecule has 0 heterocycles. The molecule has 0 aromatic heterocycles. The molecule has 0 saturated carbocycles. The number of benzene rings is 1. The molecule has 0 saturated heterocycles. The van der Waals surface area contributed by atoms with E-state index in [1.165, 1.54) is 6.07 Å². The Morgan fingerprint density at radius 2 is 2.12 bits per heavy atom. The summed E-state index contributed by atoms with van der Waals surface area (Å²) in [7, 11) is 0. The molecule has 2 N–H and O–H groups in total. The van der Waals surface area contributed by atoms with Crippen LogP contribution in [0.1, 0.15) is 19.4 Å². The van der Waals surface area contributed by atoms with E-state index in [0.29, 0.717) is 29.7 Å². The van der Waals surface area contributed by atoms with Gasteiger partial charge in [0.05, 0.1) is 0 Å². The lowest BCUT2D eigenvalue weighted by molar-refractivity contribution is 0.216. The average Bonchev–Trinajstić information content (AvgIpc) is 2.21. The zero-order chi connectivity index (χ0) is 12.1. The van der Waals surface area contributed by atoms with Crippen molar-refractivity contribution in [2.75, 3.05) is 13.1 Å². The molecule has 0 atom stereocenters. The van der Waals surface area contributed by atoms with Gasteiger partial charge in [-0.25, -0.2) is 4.39 Å². The minimum atomic E-state index is -0.254. The Morgan fingerprint density at radius 1 is 1.44 bits per heavy atom. The normalized spacial score (nSPS) is 11.4. The molecule has 0 aliphatic heterocycles. The Labute approximate surface area is 101 Å². The standard InChI is InChI=1S/C12H18ClFN2/c1-9(2)16(7-6-15)8-10-11(13)4-3-5-12(10)14/h3-5,9H,6-8,15H2,1-2H3. The van der Waals surface area contributed by atoms with E-state index in [4.69, 9.17) is 17.3 Å². The molecule has 0 radical (unpaired) electrons. The highest BCUT2D eigenvalue weighted by Crippen LogP contribution is 2.21. The second-order valence-corrected chi connectivity index (χ2v) is 4.46. The zero-order valence-corrected chi connectivity index (χ0v) is 10.5. The molecule has 0 amide bonds. The first kappa shape index (κ1) is 13.4. The summed E-state index contributed by atoms with van der Waals surface area (Å²) in [5, 5.41) is 0.475. The molecular formula is C12H18ClFN2. The molecule has 0 aliphatic rings. The number of nitrogens with two attached hydrogens (primary N) is 1. The van der Waals surface area contributed by atoms with Gasteiger partial charge < -0.3 is 5.73 Å². The fourth-order valence-electron chi connectivity index (χ4n) is 1.57. The van der Waals surface area contributed by atoms with E-state index in [0.717, 1.165) is 6.54 Å². The van der Waals surface area contributed by atoms with Crippen LogP contribution in [0.2, 0.25) is 5.02 Å². The Balaban J connectivity index is 2.84. The molecule has 0 aliphatic carbocycles. The lowest BCUT2D eigenvalue weighted by Gasteiger charge is -2.26. The Morgan fingerprint density at radius 3 is 2.62 bits per heavy atom. The quantitative estimate of drug-likeness (QED) is 0.863. The molecular weight excluding hydrogens is 227 g/mol. The van der Waals surface area contributed by atoms with Crippen LogP contribution in [0.4, 0.5) is 4.39 Å². The fourth-order valence-corrected chi connectivity index (χ4v) is 1.79. The number of nitrogens with zero attached hydrogens (tertiary/aromatic N) is 1. The van der Waals surface area contributed by atoms with E-state index < -0.39 is 0 Å². The maximum atomic E-state index is 13.6. The number of hydrogen-bond acceptors (Lipinski definition) is 2. The van der Waals surface area contributed by atoms with Gasteiger partial charge in [-0.1, -0.05) is 17.7 Å². The van der Waals surface area contributed by atoms with Crippen molar-refractivity contribution in [3.05, 3.63) is 34.6 Å². The van der Waals surface area contributed by atoms with Crippen molar-refractivity contribution in [1.82, 2.24) is 4.90 Å². The minimum Gasteiger partial charge on any atom is -0.329 e. The van der Waals surface area contributed by atoms with Crippen LogP contribution in [0.3, 0.4) is 0 Å². The van der Waals surface area contributed by atoms with Gasteiger partial charge in [0.25, 0.3) is 0 Å². The highest BCUT2D eigenvalue weighted by Gasteiger charge is 2.14. The largest absolute Gasteiger partial charge is 0.329 e. The first-order chi connectivity index (χ1) is 7.56. The van der Waals surface area contributed by atoms with Crippen molar-refractivity contribution in [1.29, 1.82) is 0 Å².